The van der Waals surface area contributed by atoms with E-state index in [0.29, 0.717) is 5.92 Å². The van der Waals surface area contributed by atoms with E-state index in [1.165, 1.54) is 0 Å². The summed E-state index contributed by atoms with van der Waals surface area (Å²) in [7, 11) is 1.87. The van der Waals surface area contributed by atoms with Crippen LogP contribution in [-0.2, 0) is 4.79 Å². The third-order valence-corrected chi connectivity index (χ3v) is 4.32. The number of carboxylic acids is 1. The van der Waals surface area contributed by atoms with Gasteiger partial charge in [0, 0.05) is 32.6 Å². The lowest BCUT2D eigenvalue weighted by molar-refractivity contribution is -0.137. The quantitative estimate of drug-likeness (QED) is 0.816. The maximum atomic E-state index is 12.3. The van der Waals surface area contributed by atoms with Gasteiger partial charge >= 0.3 is 12.0 Å². The van der Waals surface area contributed by atoms with E-state index in [2.05, 4.69) is 13.8 Å². The highest BCUT2D eigenvalue weighted by atomic mass is 16.4. The van der Waals surface area contributed by atoms with Gasteiger partial charge in [0.2, 0.25) is 0 Å². The van der Waals surface area contributed by atoms with Crippen LogP contribution < -0.4 is 0 Å². The Morgan fingerprint density at radius 2 is 1.95 bits per heavy atom. The molecule has 20 heavy (non-hydrogen) atoms. The molecule has 0 bridgehead atoms. The van der Waals surface area contributed by atoms with Gasteiger partial charge in [0.25, 0.3) is 0 Å². The van der Waals surface area contributed by atoms with Crippen molar-refractivity contribution in [3.8, 4) is 0 Å². The molecule has 0 aromatic heterocycles. The second-order valence-corrected chi connectivity index (χ2v) is 5.89. The second-order valence-electron chi connectivity index (χ2n) is 5.89. The summed E-state index contributed by atoms with van der Waals surface area (Å²) < 4.78 is 0. The Morgan fingerprint density at radius 1 is 1.35 bits per heavy atom. The fourth-order valence-corrected chi connectivity index (χ4v) is 2.76. The molecule has 1 atom stereocenters. The molecule has 5 heteroatoms. The number of hydrogen-bond acceptors (Lipinski definition) is 2. The first kappa shape index (κ1) is 16.8. The van der Waals surface area contributed by atoms with Gasteiger partial charge in [0.1, 0.15) is 0 Å². The van der Waals surface area contributed by atoms with Gasteiger partial charge in [-0.2, -0.15) is 0 Å². The second kappa shape index (κ2) is 8.12. The first-order valence-corrected chi connectivity index (χ1v) is 7.69. The van der Waals surface area contributed by atoms with Gasteiger partial charge in [-0.15, -0.1) is 0 Å². The maximum absolute atomic E-state index is 12.3. The van der Waals surface area contributed by atoms with Crippen molar-refractivity contribution in [1.82, 2.24) is 9.80 Å². The van der Waals surface area contributed by atoms with Crippen molar-refractivity contribution in [1.29, 1.82) is 0 Å². The van der Waals surface area contributed by atoms with Crippen molar-refractivity contribution in [3.05, 3.63) is 0 Å². The van der Waals surface area contributed by atoms with Crippen LogP contribution in [0.2, 0.25) is 0 Å². The highest BCUT2D eigenvalue weighted by Gasteiger charge is 2.26. The lowest BCUT2D eigenvalue weighted by Gasteiger charge is -2.36. The Hall–Kier alpha value is -1.26. The molecule has 1 fully saturated rings. The molecular formula is C15H28N2O3. The van der Waals surface area contributed by atoms with Gasteiger partial charge in [-0.3, -0.25) is 4.79 Å². The number of hydrogen-bond donors (Lipinski definition) is 1. The molecule has 0 saturated carbocycles. The molecule has 1 aliphatic heterocycles. The molecule has 5 nitrogen and oxygen atoms in total. The third kappa shape index (κ3) is 5.02. The smallest absolute Gasteiger partial charge is 0.319 e. The van der Waals surface area contributed by atoms with Crippen molar-refractivity contribution in [3.63, 3.8) is 0 Å². The van der Waals surface area contributed by atoms with E-state index in [4.69, 9.17) is 5.11 Å². The largest absolute Gasteiger partial charge is 0.481 e. The van der Waals surface area contributed by atoms with Crippen molar-refractivity contribution < 1.29 is 14.7 Å². The normalized spacial score (nSPS) is 17.9. The van der Waals surface area contributed by atoms with Crippen molar-refractivity contribution in [2.75, 3.05) is 20.1 Å². The molecule has 1 saturated heterocycles. The average molecular weight is 284 g/mol. The van der Waals surface area contributed by atoms with Gasteiger partial charge in [0.05, 0.1) is 0 Å². The van der Waals surface area contributed by atoms with Crippen LogP contribution in [0.4, 0.5) is 4.79 Å². The van der Waals surface area contributed by atoms with Gasteiger partial charge in [0.15, 0.2) is 0 Å². The average Bonchev–Trinajstić information content (AvgIpc) is 2.44. The van der Waals surface area contributed by atoms with E-state index >= 15 is 0 Å². The predicted molar refractivity (Wildman–Crippen MR) is 78.7 cm³/mol. The van der Waals surface area contributed by atoms with Crippen LogP contribution in [-0.4, -0.2) is 53.1 Å². The molecule has 0 aromatic rings. The fourth-order valence-electron chi connectivity index (χ4n) is 2.76. The molecule has 2 amide bonds. The molecule has 116 valence electrons. The lowest BCUT2D eigenvalue weighted by atomic mass is 9.92. The van der Waals surface area contributed by atoms with Gasteiger partial charge in [-0.25, -0.2) is 4.79 Å². The zero-order valence-electron chi connectivity index (χ0n) is 13.0. The maximum Gasteiger partial charge on any atom is 0.319 e. The van der Waals surface area contributed by atoms with Crippen LogP contribution >= 0.6 is 0 Å². The minimum absolute atomic E-state index is 0.114. The number of piperidine rings is 1. The molecule has 0 aromatic carbocycles. The molecule has 1 aliphatic rings. The number of carbonyl (C=O) groups excluding carboxylic acids is 1. The topological polar surface area (TPSA) is 60.9 Å². The number of carboxylic acid groups (broad SMARTS) is 1. The Bertz CT molecular complexity index is 325. The minimum atomic E-state index is -0.725. The zero-order valence-corrected chi connectivity index (χ0v) is 13.0. The Kier molecular flexibility index (Phi) is 6.82. The Balaban J connectivity index is 2.36. The van der Waals surface area contributed by atoms with E-state index in [-0.39, 0.29) is 18.5 Å². The number of likely N-dealkylation sites (tertiary alicyclic amines) is 1. The monoisotopic (exact) mass is 284 g/mol. The van der Waals surface area contributed by atoms with Crippen LogP contribution in [0.25, 0.3) is 0 Å². The molecule has 1 N–H and O–H groups in total. The molecule has 0 aliphatic carbocycles. The molecule has 0 radical (unpaired) electrons. The fraction of sp³-hybridized carbons (Fsp3) is 0.867. The van der Waals surface area contributed by atoms with Crippen molar-refractivity contribution in [2.24, 2.45) is 5.92 Å². The highest BCUT2D eigenvalue weighted by Crippen LogP contribution is 2.23. The van der Waals surface area contributed by atoms with Crippen LogP contribution in [0.1, 0.15) is 52.4 Å². The summed E-state index contributed by atoms with van der Waals surface area (Å²) in [5.74, 6) is -0.273. The van der Waals surface area contributed by atoms with Crippen molar-refractivity contribution >= 4 is 12.0 Å². The first-order valence-electron chi connectivity index (χ1n) is 7.69. The summed E-state index contributed by atoms with van der Waals surface area (Å²) in [5, 5.41) is 8.70. The SMILES string of the molecule is CCCC(C)N(C)C(=O)N1CCC(CCC(=O)O)CC1. The summed E-state index contributed by atoms with van der Waals surface area (Å²) in [6, 6.07) is 0.389. The van der Waals surface area contributed by atoms with Crippen LogP contribution in [0, 0.1) is 5.92 Å². The number of aliphatic carboxylic acids is 1. The minimum Gasteiger partial charge on any atom is -0.481 e. The highest BCUT2D eigenvalue weighted by molar-refractivity contribution is 5.74. The number of urea groups is 1. The van der Waals surface area contributed by atoms with Crippen LogP contribution in [0.15, 0.2) is 0 Å². The molecule has 0 spiro atoms. The number of amides is 2. The van der Waals surface area contributed by atoms with Crippen molar-refractivity contribution in [2.45, 2.75) is 58.4 Å². The third-order valence-electron chi connectivity index (χ3n) is 4.32. The van der Waals surface area contributed by atoms with E-state index < -0.39 is 5.97 Å². The summed E-state index contributed by atoms with van der Waals surface area (Å²) in [4.78, 5) is 26.7. The van der Waals surface area contributed by atoms with Gasteiger partial charge in [-0.1, -0.05) is 13.3 Å². The first-order chi connectivity index (χ1) is 9.45. The molecular weight excluding hydrogens is 256 g/mol. The van der Waals surface area contributed by atoms with Gasteiger partial charge < -0.3 is 14.9 Å². The van der Waals surface area contributed by atoms with Crippen LogP contribution in [0.5, 0.6) is 0 Å². The summed E-state index contributed by atoms with van der Waals surface area (Å²) in [6.07, 6.45) is 4.93. The molecule has 1 rings (SSSR count). The van der Waals surface area contributed by atoms with E-state index in [0.717, 1.165) is 45.2 Å². The standard InChI is InChI=1S/C15H28N2O3/c1-4-5-12(2)16(3)15(20)17-10-8-13(9-11-17)6-7-14(18)19/h12-13H,4-11H2,1-3H3,(H,18,19). The zero-order chi connectivity index (χ0) is 15.1. The van der Waals surface area contributed by atoms with E-state index in [1.807, 2.05) is 16.8 Å². The number of nitrogens with zero attached hydrogens (tertiary/aromatic N) is 2. The number of rotatable bonds is 6. The van der Waals surface area contributed by atoms with E-state index in [9.17, 15) is 9.59 Å². The Morgan fingerprint density at radius 3 is 2.45 bits per heavy atom. The Labute approximate surface area is 121 Å². The number of carbonyl (C=O) groups is 2. The summed E-state index contributed by atoms with van der Waals surface area (Å²) in [5.41, 5.74) is 0. The van der Waals surface area contributed by atoms with Gasteiger partial charge in [-0.05, 0) is 38.5 Å². The molecule has 1 heterocycles. The predicted octanol–water partition coefficient (Wildman–Crippen LogP) is 2.80. The molecule has 1 unspecified atom stereocenters. The van der Waals surface area contributed by atoms with E-state index in [1.54, 1.807) is 0 Å². The van der Waals surface area contributed by atoms with Crippen LogP contribution in [0.3, 0.4) is 0 Å². The summed E-state index contributed by atoms with van der Waals surface area (Å²) in [6.45, 7) is 5.72. The summed E-state index contributed by atoms with van der Waals surface area (Å²) >= 11 is 0. The lowest BCUT2D eigenvalue weighted by Crippen LogP contribution is -2.48.